The van der Waals surface area contributed by atoms with Gasteiger partial charge in [-0.15, -0.1) is 0 Å². The van der Waals surface area contributed by atoms with Gasteiger partial charge in [-0.1, -0.05) is 6.42 Å². The van der Waals surface area contributed by atoms with Crippen LogP contribution in [0.25, 0.3) is 11.2 Å². The molecule has 1 aliphatic rings. The number of pyridine rings is 1. The van der Waals surface area contributed by atoms with Crippen LogP contribution in [0.5, 0.6) is 0 Å². The third-order valence-electron chi connectivity index (χ3n) is 4.33. The zero-order chi connectivity index (χ0) is 14.8. The maximum absolute atomic E-state index is 12.7. The molecule has 2 aromatic rings. The quantitative estimate of drug-likeness (QED) is 0.867. The van der Waals surface area contributed by atoms with Crippen molar-refractivity contribution in [2.24, 2.45) is 0 Å². The van der Waals surface area contributed by atoms with E-state index in [0.29, 0.717) is 0 Å². The molecule has 0 saturated carbocycles. The predicted molar refractivity (Wildman–Crippen MR) is 84.7 cm³/mol. The number of rotatable bonds is 4. The van der Waals surface area contributed by atoms with Gasteiger partial charge in [0, 0.05) is 25.3 Å². The van der Waals surface area contributed by atoms with Crippen molar-refractivity contribution in [2.75, 3.05) is 19.6 Å². The molecular formula is C16H24N4O. The first kappa shape index (κ1) is 14.3. The van der Waals surface area contributed by atoms with E-state index >= 15 is 0 Å². The standard InChI is InChI=1S/C16H24N4O/c1-13(2)20-15-14(7-6-8-17-15)19(16(20)21)12-11-18-9-4-3-5-10-18/h6-8,13H,3-5,9-12H2,1-2H3. The monoisotopic (exact) mass is 288 g/mol. The van der Waals surface area contributed by atoms with E-state index in [4.69, 9.17) is 0 Å². The molecule has 21 heavy (non-hydrogen) atoms. The highest BCUT2D eigenvalue weighted by Gasteiger charge is 2.17. The Balaban J connectivity index is 1.90. The van der Waals surface area contributed by atoms with Crippen molar-refractivity contribution in [2.45, 2.75) is 45.7 Å². The van der Waals surface area contributed by atoms with Crippen LogP contribution in [0.4, 0.5) is 0 Å². The molecule has 0 radical (unpaired) electrons. The zero-order valence-corrected chi connectivity index (χ0v) is 13.0. The van der Waals surface area contributed by atoms with Gasteiger partial charge >= 0.3 is 5.69 Å². The summed E-state index contributed by atoms with van der Waals surface area (Å²) in [5, 5.41) is 0. The molecule has 0 unspecified atom stereocenters. The van der Waals surface area contributed by atoms with Gasteiger partial charge in [0.05, 0.1) is 5.52 Å². The fourth-order valence-electron chi connectivity index (χ4n) is 3.21. The summed E-state index contributed by atoms with van der Waals surface area (Å²) in [7, 11) is 0. The minimum absolute atomic E-state index is 0.0655. The Kier molecular flexibility index (Phi) is 4.10. The molecule has 1 saturated heterocycles. The second kappa shape index (κ2) is 6.02. The van der Waals surface area contributed by atoms with Gasteiger partial charge in [-0.2, -0.15) is 0 Å². The van der Waals surface area contributed by atoms with Crippen LogP contribution in [0.15, 0.2) is 23.1 Å². The van der Waals surface area contributed by atoms with E-state index in [2.05, 4.69) is 9.88 Å². The minimum Gasteiger partial charge on any atom is -0.302 e. The van der Waals surface area contributed by atoms with Gasteiger partial charge in [0.15, 0.2) is 5.65 Å². The molecule has 0 spiro atoms. The van der Waals surface area contributed by atoms with E-state index in [-0.39, 0.29) is 11.7 Å². The van der Waals surface area contributed by atoms with Crippen LogP contribution in [-0.2, 0) is 6.54 Å². The van der Waals surface area contributed by atoms with E-state index in [9.17, 15) is 4.79 Å². The third-order valence-corrected chi connectivity index (χ3v) is 4.33. The summed E-state index contributed by atoms with van der Waals surface area (Å²) in [5.74, 6) is 0. The van der Waals surface area contributed by atoms with Crippen LogP contribution < -0.4 is 5.69 Å². The molecule has 1 aliphatic heterocycles. The molecule has 114 valence electrons. The van der Waals surface area contributed by atoms with Gasteiger partial charge in [0.2, 0.25) is 0 Å². The topological polar surface area (TPSA) is 43.1 Å². The Bertz CT molecular complexity index is 664. The van der Waals surface area contributed by atoms with Crippen molar-refractivity contribution in [1.29, 1.82) is 0 Å². The third kappa shape index (κ3) is 2.75. The van der Waals surface area contributed by atoms with Crippen molar-refractivity contribution < 1.29 is 0 Å². The molecule has 0 atom stereocenters. The predicted octanol–water partition coefficient (Wildman–Crippen LogP) is 2.26. The molecule has 5 nitrogen and oxygen atoms in total. The molecule has 0 aromatic carbocycles. The molecule has 3 heterocycles. The summed E-state index contributed by atoms with van der Waals surface area (Å²) in [6.45, 7) is 8.09. The SMILES string of the molecule is CC(C)n1c(=O)n(CCN2CCCCC2)c2cccnc21. The smallest absolute Gasteiger partial charge is 0.302 e. The maximum atomic E-state index is 12.7. The number of piperidine rings is 1. The van der Waals surface area contributed by atoms with Gasteiger partial charge in [-0.3, -0.25) is 9.13 Å². The van der Waals surface area contributed by atoms with Crippen LogP contribution in [-0.4, -0.2) is 38.7 Å². The number of hydrogen-bond donors (Lipinski definition) is 0. The van der Waals surface area contributed by atoms with Crippen molar-refractivity contribution >= 4 is 11.2 Å². The number of aromatic nitrogens is 3. The Morgan fingerprint density at radius 1 is 1.19 bits per heavy atom. The molecule has 0 N–H and O–H groups in total. The lowest BCUT2D eigenvalue weighted by molar-refractivity contribution is 0.220. The Labute approximate surface area is 125 Å². The van der Waals surface area contributed by atoms with Gasteiger partial charge in [0.25, 0.3) is 0 Å². The highest BCUT2D eigenvalue weighted by Crippen LogP contribution is 2.15. The van der Waals surface area contributed by atoms with Crippen molar-refractivity contribution in [3.8, 4) is 0 Å². The van der Waals surface area contributed by atoms with Gasteiger partial charge in [-0.05, 0) is 51.9 Å². The van der Waals surface area contributed by atoms with Gasteiger partial charge < -0.3 is 4.90 Å². The lowest BCUT2D eigenvalue weighted by atomic mass is 10.1. The molecule has 3 rings (SSSR count). The lowest BCUT2D eigenvalue weighted by Gasteiger charge is -2.26. The van der Waals surface area contributed by atoms with Crippen molar-refractivity contribution in [3.05, 3.63) is 28.8 Å². The number of likely N-dealkylation sites (tertiary alicyclic amines) is 1. The van der Waals surface area contributed by atoms with E-state index in [1.54, 1.807) is 10.8 Å². The average Bonchev–Trinajstić information content (AvgIpc) is 2.78. The number of imidazole rings is 1. The summed E-state index contributed by atoms with van der Waals surface area (Å²) in [4.78, 5) is 19.5. The summed E-state index contributed by atoms with van der Waals surface area (Å²) in [6, 6.07) is 4.04. The van der Waals surface area contributed by atoms with Crippen LogP contribution in [0.1, 0.15) is 39.2 Å². The summed E-state index contributed by atoms with van der Waals surface area (Å²) >= 11 is 0. The fourth-order valence-corrected chi connectivity index (χ4v) is 3.21. The molecule has 1 fully saturated rings. The molecule has 0 bridgehead atoms. The minimum atomic E-state index is 0.0655. The van der Waals surface area contributed by atoms with Crippen LogP contribution in [0, 0.1) is 0 Å². The van der Waals surface area contributed by atoms with Crippen LogP contribution in [0.3, 0.4) is 0 Å². The number of fused-ring (bicyclic) bond motifs is 1. The van der Waals surface area contributed by atoms with E-state index < -0.39 is 0 Å². The first-order valence-corrected chi connectivity index (χ1v) is 7.96. The normalized spacial score (nSPS) is 16.9. The largest absolute Gasteiger partial charge is 0.330 e. The second-order valence-electron chi connectivity index (χ2n) is 6.15. The first-order valence-electron chi connectivity index (χ1n) is 7.96. The van der Waals surface area contributed by atoms with E-state index in [1.165, 1.54) is 19.3 Å². The van der Waals surface area contributed by atoms with Crippen LogP contribution >= 0.6 is 0 Å². The number of hydrogen-bond acceptors (Lipinski definition) is 3. The lowest BCUT2D eigenvalue weighted by Crippen LogP contribution is -2.35. The Morgan fingerprint density at radius 3 is 2.67 bits per heavy atom. The van der Waals surface area contributed by atoms with E-state index in [1.807, 2.05) is 30.5 Å². The first-order chi connectivity index (χ1) is 10.2. The van der Waals surface area contributed by atoms with Crippen LogP contribution in [0.2, 0.25) is 0 Å². The second-order valence-corrected chi connectivity index (χ2v) is 6.15. The molecule has 5 heteroatoms. The summed E-state index contributed by atoms with van der Waals surface area (Å²) in [6.07, 6.45) is 5.66. The molecule has 2 aromatic heterocycles. The maximum Gasteiger partial charge on any atom is 0.330 e. The van der Waals surface area contributed by atoms with Crippen molar-refractivity contribution in [1.82, 2.24) is 19.0 Å². The summed E-state index contributed by atoms with van der Waals surface area (Å²) in [5.41, 5.74) is 1.82. The number of nitrogens with zero attached hydrogens (tertiary/aromatic N) is 4. The fraction of sp³-hybridized carbons (Fsp3) is 0.625. The van der Waals surface area contributed by atoms with E-state index in [0.717, 1.165) is 37.3 Å². The Morgan fingerprint density at radius 2 is 1.95 bits per heavy atom. The summed E-state index contributed by atoms with van der Waals surface area (Å²) < 4.78 is 3.68. The highest BCUT2D eigenvalue weighted by atomic mass is 16.1. The Hall–Kier alpha value is -1.62. The van der Waals surface area contributed by atoms with Gasteiger partial charge in [0.1, 0.15) is 0 Å². The molecule has 0 aliphatic carbocycles. The molecular weight excluding hydrogens is 264 g/mol. The van der Waals surface area contributed by atoms with Gasteiger partial charge in [-0.25, -0.2) is 9.78 Å². The van der Waals surface area contributed by atoms with Crippen molar-refractivity contribution in [3.63, 3.8) is 0 Å². The average molecular weight is 288 g/mol. The highest BCUT2D eigenvalue weighted by molar-refractivity contribution is 5.71. The molecule has 0 amide bonds. The zero-order valence-electron chi connectivity index (χ0n) is 13.0.